The van der Waals surface area contributed by atoms with E-state index >= 15 is 0 Å². The number of halogens is 1. The third-order valence-corrected chi connectivity index (χ3v) is 6.47. The van der Waals surface area contributed by atoms with Gasteiger partial charge >= 0.3 is 0 Å². The van der Waals surface area contributed by atoms with E-state index in [0.717, 1.165) is 14.2 Å². The third-order valence-electron chi connectivity index (χ3n) is 4.16. The number of nitrogens with two attached hydrogens (primary N) is 1. The minimum absolute atomic E-state index is 0.0614. The van der Waals surface area contributed by atoms with Gasteiger partial charge in [-0.25, -0.2) is 15.0 Å². The maximum atomic E-state index is 11.8. The summed E-state index contributed by atoms with van der Waals surface area (Å²) in [6, 6.07) is 3.89. The Labute approximate surface area is 178 Å². The lowest BCUT2D eigenvalue weighted by atomic mass is 10.3. The van der Waals surface area contributed by atoms with Crippen LogP contribution in [0.2, 0.25) is 0 Å². The molecule has 3 aromatic rings. The number of imidazole rings is 1. The molecule has 11 heteroatoms. The molecule has 0 fully saturated rings. The van der Waals surface area contributed by atoms with Crippen LogP contribution in [0.15, 0.2) is 28.5 Å². The first kappa shape index (κ1) is 19.1. The normalized spacial score (nSPS) is 12.9. The second-order valence-electron chi connectivity index (χ2n) is 5.93. The van der Waals surface area contributed by atoms with Gasteiger partial charge in [-0.15, -0.1) is 0 Å². The molecule has 0 saturated heterocycles. The number of rotatable bonds is 5. The highest BCUT2D eigenvalue weighted by atomic mass is 127. The predicted molar refractivity (Wildman–Crippen MR) is 113 cm³/mol. The van der Waals surface area contributed by atoms with Crippen LogP contribution < -0.4 is 20.5 Å². The van der Waals surface area contributed by atoms with Crippen LogP contribution in [0.4, 0.5) is 5.82 Å². The predicted octanol–water partition coefficient (Wildman–Crippen LogP) is 2.07. The molecule has 0 saturated carbocycles. The Hall–Kier alpha value is -2.28. The highest BCUT2D eigenvalue weighted by Crippen LogP contribution is 2.40. The van der Waals surface area contributed by atoms with E-state index in [1.165, 1.54) is 18.1 Å². The summed E-state index contributed by atoms with van der Waals surface area (Å²) in [6.07, 6.45) is 1.70. The molecule has 3 heterocycles. The number of hydrogen-bond acceptors (Lipinski definition) is 8. The van der Waals surface area contributed by atoms with E-state index < -0.39 is 0 Å². The quantitative estimate of drug-likeness (QED) is 0.500. The number of anilines is 1. The van der Waals surface area contributed by atoms with Crippen molar-refractivity contribution in [3.05, 3.63) is 22.0 Å². The first-order valence-corrected chi connectivity index (χ1v) is 10.4. The van der Waals surface area contributed by atoms with Crippen molar-refractivity contribution in [2.75, 3.05) is 26.0 Å². The number of carbonyl (C=O) groups excluding carboxylic acids is 1. The summed E-state index contributed by atoms with van der Waals surface area (Å²) in [6.45, 7) is 1.49. The lowest BCUT2D eigenvalue weighted by Crippen LogP contribution is -2.19. The number of nitrogens with one attached hydrogen (secondary N) is 1. The standard InChI is InChI=1S/C17H17IN6O3S/c1-20-13(25)2-3-24-16-14(15(19)21-8-22-16)23-17(24)28-12-7-11-10(6-9(12)18)26-4-5-27-11/h6-8H,2-5H2,1H3,(H,20,25)(H2,19,21,22). The van der Waals surface area contributed by atoms with Gasteiger partial charge in [0, 0.05) is 28.5 Å². The number of fused-ring (bicyclic) bond motifs is 2. The van der Waals surface area contributed by atoms with Crippen molar-refractivity contribution in [2.45, 2.75) is 23.0 Å². The molecule has 0 radical (unpaired) electrons. The fourth-order valence-electron chi connectivity index (χ4n) is 2.77. The van der Waals surface area contributed by atoms with Gasteiger partial charge in [0.25, 0.3) is 0 Å². The van der Waals surface area contributed by atoms with Crippen LogP contribution >= 0.6 is 34.4 Å². The zero-order valence-corrected chi connectivity index (χ0v) is 17.9. The number of carbonyl (C=O) groups is 1. The number of ether oxygens (including phenoxy) is 2. The number of aryl methyl sites for hydroxylation is 1. The number of hydrogen-bond donors (Lipinski definition) is 2. The van der Waals surface area contributed by atoms with Crippen molar-refractivity contribution in [3.8, 4) is 11.5 Å². The van der Waals surface area contributed by atoms with Gasteiger partial charge in [-0.2, -0.15) is 0 Å². The van der Waals surface area contributed by atoms with Gasteiger partial charge in [0.1, 0.15) is 19.5 Å². The number of aromatic nitrogens is 4. The number of benzene rings is 1. The van der Waals surface area contributed by atoms with Crippen LogP contribution in [0.1, 0.15) is 6.42 Å². The minimum Gasteiger partial charge on any atom is -0.486 e. The number of nitrogens with zero attached hydrogens (tertiary/aromatic N) is 4. The molecule has 3 N–H and O–H groups in total. The molecule has 0 unspecified atom stereocenters. The lowest BCUT2D eigenvalue weighted by Gasteiger charge is -2.19. The average Bonchev–Trinajstić information content (AvgIpc) is 3.05. The van der Waals surface area contributed by atoms with Gasteiger partial charge in [-0.05, 0) is 34.7 Å². The molecule has 0 bridgehead atoms. The van der Waals surface area contributed by atoms with Crippen LogP contribution in [0.3, 0.4) is 0 Å². The maximum Gasteiger partial charge on any atom is 0.221 e. The van der Waals surface area contributed by atoms with E-state index in [1.54, 1.807) is 7.05 Å². The molecule has 2 aromatic heterocycles. The number of amides is 1. The molecule has 0 atom stereocenters. The summed E-state index contributed by atoms with van der Waals surface area (Å²) >= 11 is 3.72. The Morgan fingerprint density at radius 3 is 2.82 bits per heavy atom. The van der Waals surface area contributed by atoms with Crippen molar-refractivity contribution in [1.29, 1.82) is 0 Å². The molecule has 1 aliphatic rings. The molecular formula is C17H17IN6O3S. The zero-order valence-electron chi connectivity index (χ0n) is 14.9. The molecule has 0 spiro atoms. The summed E-state index contributed by atoms with van der Waals surface area (Å²) < 4.78 is 14.2. The smallest absolute Gasteiger partial charge is 0.221 e. The van der Waals surface area contributed by atoms with E-state index in [9.17, 15) is 4.79 Å². The first-order valence-electron chi connectivity index (χ1n) is 8.51. The van der Waals surface area contributed by atoms with E-state index in [0.29, 0.717) is 54.1 Å². The second kappa shape index (κ2) is 7.99. The summed E-state index contributed by atoms with van der Waals surface area (Å²) in [4.78, 5) is 25.7. The van der Waals surface area contributed by atoms with Crippen LogP contribution in [-0.4, -0.2) is 45.7 Å². The van der Waals surface area contributed by atoms with Gasteiger partial charge in [0.15, 0.2) is 33.6 Å². The molecule has 4 rings (SSSR count). The van der Waals surface area contributed by atoms with Gasteiger partial charge in [-0.1, -0.05) is 11.8 Å². The molecule has 1 amide bonds. The maximum absolute atomic E-state index is 11.8. The topological polar surface area (TPSA) is 117 Å². The number of nitrogen functional groups attached to an aromatic ring is 1. The van der Waals surface area contributed by atoms with Gasteiger partial charge in [-0.3, -0.25) is 4.79 Å². The highest BCUT2D eigenvalue weighted by Gasteiger charge is 2.20. The molecule has 146 valence electrons. The van der Waals surface area contributed by atoms with Crippen LogP contribution in [0.25, 0.3) is 11.2 Å². The van der Waals surface area contributed by atoms with Gasteiger partial charge in [0.05, 0.1) is 0 Å². The highest BCUT2D eigenvalue weighted by molar-refractivity contribution is 14.1. The first-order chi connectivity index (χ1) is 13.6. The Morgan fingerprint density at radius 2 is 2.07 bits per heavy atom. The Morgan fingerprint density at radius 1 is 1.32 bits per heavy atom. The molecule has 9 nitrogen and oxygen atoms in total. The summed E-state index contributed by atoms with van der Waals surface area (Å²) in [5.41, 5.74) is 7.11. The largest absolute Gasteiger partial charge is 0.486 e. The SMILES string of the molecule is CNC(=O)CCn1c(Sc2cc3c(cc2I)OCCO3)nc2c(N)ncnc21. The Balaban J connectivity index is 1.73. The fourth-order valence-corrected chi connectivity index (χ4v) is 4.49. The van der Waals surface area contributed by atoms with Crippen molar-refractivity contribution >= 4 is 57.2 Å². The van der Waals surface area contributed by atoms with E-state index in [-0.39, 0.29) is 5.91 Å². The molecule has 1 aromatic carbocycles. The minimum atomic E-state index is -0.0614. The monoisotopic (exact) mass is 512 g/mol. The zero-order chi connectivity index (χ0) is 19.7. The summed E-state index contributed by atoms with van der Waals surface area (Å²) in [5, 5.41) is 3.31. The van der Waals surface area contributed by atoms with Crippen molar-refractivity contribution in [3.63, 3.8) is 0 Å². The summed E-state index contributed by atoms with van der Waals surface area (Å²) in [5.74, 6) is 1.70. The van der Waals surface area contributed by atoms with Crippen LogP contribution in [-0.2, 0) is 11.3 Å². The average molecular weight is 512 g/mol. The third kappa shape index (κ3) is 3.68. The van der Waals surface area contributed by atoms with Gasteiger partial charge in [0.2, 0.25) is 5.91 Å². The molecule has 28 heavy (non-hydrogen) atoms. The molecule has 1 aliphatic heterocycles. The second-order valence-corrected chi connectivity index (χ2v) is 8.10. The van der Waals surface area contributed by atoms with Crippen molar-refractivity contribution in [2.24, 2.45) is 0 Å². The molecular weight excluding hydrogens is 495 g/mol. The van der Waals surface area contributed by atoms with E-state index in [2.05, 4.69) is 42.9 Å². The van der Waals surface area contributed by atoms with Crippen LogP contribution in [0, 0.1) is 3.57 Å². The van der Waals surface area contributed by atoms with Crippen molar-refractivity contribution < 1.29 is 14.3 Å². The van der Waals surface area contributed by atoms with Crippen molar-refractivity contribution in [1.82, 2.24) is 24.8 Å². The van der Waals surface area contributed by atoms with Gasteiger partial charge < -0.3 is 25.1 Å². The Kier molecular flexibility index (Phi) is 5.44. The Bertz CT molecular complexity index is 1060. The van der Waals surface area contributed by atoms with E-state index in [1.807, 2.05) is 16.7 Å². The fraction of sp³-hybridized carbons (Fsp3) is 0.294. The van der Waals surface area contributed by atoms with Crippen LogP contribution in [0.5, 0.6) is 11.5 Å². The summed E-state index contributed by atoms with van der Waals surface area (Å²) in [7, 11) is 1.61. The van der Waals surface area contributed by atoms with E-state index in [4.69, 9.17) is 15.2 Å². The lowest BCUT2D eigenvalue weighted by molar-refractivity contribution is -0.120. The molecule has 0 aliphatic carbocycles.